The second kappa shape index (κ2) is 7.96. The van der Waals surface area contributed by atoms with E-state index in [4.69, 9.17) is 11.6 Å². The molecule has 1 N–H and O–H groups in total. The van der Waals surface area contributed by atoms with E-state index in [2.05, 4.69) is 5.32 Å². The van der Waals surface area contributed by atoms with Crippen LogP contribution in [0.2, 0.25) is 5.02 Å². The summed E-state index contributed by atoms with van der Waals surface area (Å²) in [5.74, 6) is 0.0532. The summed E-state index contributed by atoms with van der Waals surface area (Å²) in [7, 11) is -3.63. The van der Waals surface area contributed by atoms with Crippen LogP contribution in [-0.2, 0) is 14.8 Å². The van der Waals surface area contributed by atoms with Gasteiger partial charge in [0.15, 0.2) is 0 Å². The van der Waals surface area contributed by atoms with E-state index < -0.39 is 15.7 Å². The molecule has 2 aliphatic rings. The van der Waals surface area contributed by atoms with Crippen LogP contribution in [0.15, 0.2) is 59.5 Å². The van der Waals surface area contributed by atoms with Crippen molar-refractivity contribution in [3.63, 3.8) is 0 Å². The average Bonchev–Trinajstić information content (AvgIpc) is 2.98. The van der Waals surface area contributed by atoms with Gasteiger partial charge in [-0.1, -0.05) is 48.0 Å². The van der Waals surface area contributed by atoms with Gasteiger partial charge < -0.3 is 4.90 Å². The minimum absolute atomic E-state index is 0.0532. The SMILES string of the molecule is CC1NC2(CCN(S(=O)(=O)c3cccc(Cl)c3)CC2)N(C(C)c2ccccc2)C1=O. The molecule has 2 aliphatic heterocycles. The number of piperidine rings is 1. The smallest absolute Gasteiger partial charge is 0.243 e. The van der Waals surface area contributed by atoms with Crippen LogP contribution in [0.4, 0.5) is 0 Å². The molecule has 0 aliphatic carbocycles. The van der Waals surface area contributed by atoms with E-state index in [-0.39, 0.29) is 22.9 Å². The van der Waals surface area contributed by atoms with Gasteiger partial charge in [-0.25, -0.2) is 8.42 Å². The Kier molecular flexibility index (Phi) is 5.66. The minimum Gasteiger partial charge on any atom is -0.316 e. The van der Waals surface area contributed by atoms with E-state index in [1.807, 2.05) is 49.1 Å². The Morgan fingerprint density at radius 3 is 2.40 bits per heavy atom. The molecule has 30 heavy (non-hydrogen) atoms. The lowest BCUT2D eigenvalue weighted by Gasteiger charge is -2.46. The Morgan fingerprint density at radius 1 is 1.10 bits per heavy atom. The van der Waals surface area contributed by atoms with Gasteiger partial charge in [0, 0.05) is 18.1 Å². The standard InChI is InChI=1S/C22H26ClN3O3S/c1-16-21(27)26(17(2)18-7-4-3-5-8-18)22(24-16)11-13-25(14-12-22)30(28,29)20-10-6-9-19(23)15-20/h3-10,15-17,24H,11-14H2,1-2H3. The minimum atomic E-state index is -3.63. The van der Waals surface area contributed by atoms with Crippen molar-refractivity contribution in [2.45, 2.75) is 49.3 Å². The molecule has 2 fully saturated rings. The molecule has 2 unspecified atom stereocenters. The lowest BCUT2D eigenvalue weighted by Crippen LogP contribution is -2.59. The Labute approximate surface area is 182 Å². The summed E-state index contributed by atoms with van der Waals surface area (Å²) in [6.45, 7) is 4.57. The maximum atomic E-state index is 13.1. The number of sulfonamides is 1. The molecule has 2 saturated heterocycles. The Hall–Kier alpha value is -1.93. The summed E-state index contributed by atoms with van der Waals surface area (Å²) in [4.78, 5) is 15.2. The van der Waals surface area contributed by atoms with Gasteiger partial charge in [0.1, 0.15) is 0 Å². The largest absolute Gasteiger partial charge is 0.316 e. The van der Waals surface area contributed by atoms with Gasteiger partial charge >= 0.3 is 0 Å². The van der Waals surface area contributed by atoms with Crippen LogP contribution in [0.25, 0.3) is 0 Å². The van der Waals surface area contributed by atoms with Crippen LogP contribution in [-0.4, -0.2) is 48.3 Å². The summed E-state index contributed by atoms with van der Waals surface area (Å²) in [6.07, 6.45) is 1.06. The number of amides is 1. The highest BCUT2D eigenvalue weighted by molar-refractivity contribution is 7.89. The summed E-state index contributed by atoms with van der Waals surface area (Å²) >= 11 is 6.00. The summed E-state index contributed by atoms with van der Waals surface area (Å²) < 4.78 is 27.6. The predicted octanol–water partition coefficient (Wildman–Crippen LogP) is 3.40. The molecule has 160 valence electrons. The third-order valence-electron chi connectivity index (χ3n) is 6.21. The van der Waals surface area contributed by atoms with E-state index in [1.165, 1.54) is 10.4 Å². The van der Waals surface area contributed by atoms with Gasteiger partial charge in [0.2, 0.25) is 15.9 Å². The fourth-order valence-corrected chi connectivity index (χ4v) is 6.40. The van der Waals surface area contributed by atoms with Crippen molar-refractivity contribution in [1.29, 1.82) is 0 Å². The van der Waals surface area contributed by atoms with Gasteiger partial charge in [-0.3, -0.25) is 10.1 Å². The Morgan fingerprint density at radius 2 is 1.77 bits per heavy atom. The first-order valence-electron chi connectivity index (χ1n) is 10.2. The molecular formula is C22H26ClN3O3S. The molecule has 0 radical (unpaired) electrons. The molecule has 2 atom stereocenters. The molecule has 6 nitrogen and oxygen atoms in total. The summed E-state index contributed by atoms with van der Waals surface area (Å²) in [5.41, 5.74) is 0.515. The number of hydrogen-bond acceptors (Lipinski definition) is 4. The van der Waals surface area contributed by atoms with Crippen LogP contribution in [0.5, 0.6) is 0 Å². The first-order valence-corrected chi connectivity index (χ1v) is 12.0. The number of carbonyl (C=O) groups is 1. The first kappa shape index (κ1) is 21.3. The number of benzene rings is 2. The van der Waals surface area contributed by atoms with Gasteiger partial charge in [0.05, 0.1) is 22.6 Å². The highest BCUT2D eigenvalue weighted by Gasteiger charge is 2.52. The average molecular weight is 448 g/mol. The summed E-state index contributed by atoms with van der Waals surface area (Å²) in [6, 6.07) is 15.9. The van der Waals surface area contributed by atoms with E-state index in [1.54, 1.807) is 18.2 Å². The van der Waals surface area contributed by atoms with Crippen molar-refractivity contribution < 1.29 is 13.2 Å². The van der Waals surface area contributed by atoms with Crippen molar-refractivity contribution in [3.05, 3.63) is 65.2 Å². The third-order valence-corrected chi connectivity index (χ3v) is 8.34. The lowest BCUT2D eigenvalue weighted by atomic mass is 9.94. The number of halogens is 1. The number of nitrogens with one attached hydrogen (secondary N) is 1. The highest BCUT2D eigenvalue weighted by Crippen LogP contribution is 2.39. The Bertz CT molecular complexity index is 1040. The van der Waals surface area contributed by atoms with Gasteiger partial charge in [-0.05, 0) is 50.5 Å². The van der Waals surface area contributed by atoms with Crippen molar-refractivity contribution in [2.75, 3.05) is 13.1 Å². The van der Waals surface area contributed by atoms with Crippen LogP contribution in [0, 0.1) is 0 Å². The molecular weight excluding hydrogens is 422 g/mol. The number of hydrogen-bond donors (Lipinski definition) is 1. The van der Waals surface area contributed by atoms with Crippen molar-refractivity contribution in [1.82, 2.24) is 14.5 Å². The van der Waals surface area contributed by atoms with Gasteiger partial charge in [0.25, 0.3) is 0 Å². The van der Waals surface area contributed by atoms with Crippen LogP contribution >= 0.6 is 11.6 Å². The normalized spacial score (nSPS) is 23.1. The van der Waals surface area contributed by atoms with Crippen molar-refractivity contribution in [3.8, 4) is 0 Å². The zero-order chi connectivity index (χ0) is 21.5. The first-order chi connectivity index (χ1) is 14.2. The third kappa shape index (κ3) is 3.64. The van der Waals surface area contributed by atoms with Crippen LogP contribution in [0.3, 0.4) is 0 Å². The molecule has 2 aromatic rings. The van der Waals surface area contributed by atoms with Crippen LogP contribution < -0.4 is 5.32 Å². The molecule has 2 aromatic carbocycles. The van der Waals surface area contributed by atoms with E-state index in [0.717, 1.165) is 5.56 Å². The molecule has 4 rings (SSSR count). The van der Waals surface area contributed by atoms with Gasteiger partial charge in [-0.2, -0.15) is 4.31 Å². The molecule has 0 saturated carbocycles. The van der Waals surface area contributed by atoms with Crippen molar-refractivity contribution in [2.24, 2.45) is 0 Å². The maximum absolute atomic E-state index is 13.1. The van der Waals surface area contributed by atoms with E-state index in [9.17, 15) is 13.2 Å². The predicted molar refractivity (Wildman–Crippen MR) is 116 cm³/mol. The van der Waals surface area contributed by atoms with Gasteiger partial charge in [-0.15, -0.1) is 0 Å². The van der Waals surface area contributed by atoms with E-state index in [0.29, 0.717) is 31.0 Å². The topological polar surface area (TPSA) is 69.7 Å². The monoisotopic (exact) mass is 447 g/mol. The molecule has 1 amide bonds. The van der Waals surface area contributed by atoms with E-state index >= 15 is 0 Å². The number of carbonyl (C=O) groups excluding carboxylic acids is 1. The van der Waals surface area contributed by atoms with Crippen molar-refractivity contribution >= 4 is 27.5 Å². The molecule has 0 bridgehead atoms. The molecule has 0 aromatic heterocycles. The summed E-state index contributed by atoms with van der Waals surface area (Å²) in [5, 5.41) is 3.87. The molecule has 2 heterocycles. The fraction of sp³-hybridized carbons (Fsp3) is 0.409. The Balaban J connectivity index is 1.58. The quantitative estimate of drug-likeness (QED) is 0.779. The molecule has 8 heteroatoms. The zero-order valence-corrected chi connectivity index (χ0v) is 18.7. The highest BCUT2D eigenvalue weighted by atomic mass is 35.5. The number of nitrogens with zero attached hydrogens (tertiary/aromatic N) is 2. The maximum Gasteiger partial charge on any atom is 0.243 e. The second-order valence-corrected chi connectivity index (χ2v) is 10.4. The lowest BCUT2D eigenvalue weighted by molar-refractivity contribution is -0.136. The number of rotatable bonds is 4. The second-order valence-electron chi connectivity index (χ2n) is 8.05. The zero-order valence-electron chi connectivity index (χ0n) is 17.1. The van der Waals surface area contributed by atoms with Crippen LogP contribution in [0.1, 0.15) is 38.3 Å². The fourth-order valence-electron chi connectivity index (χ4n) is 4.65. The molecule has 1 spiro atoms.